The van der Waals surface area contributed by atoms with Crippen molar-refractivity contribution in [1.29, 1.82) is 0 Å². The van der Waals surface area contributed by atoms with Gasteiger partial charge in [0.05, 0.1) is 0 Å². The first-order valence-corrected chi connectivity index (χ1v) is 7.96. The van der Waals surface area contributed by atoms with Crippen LogP contribution in [0.3, 0.4) is 0 Å². The molecule has 3 aromatic rings. The molecule has 0 radical (unpaired) electrons. The number of nitrogens with one attached hydrogen (secondary N) is 1. The Labute approximate surface area is 139 Å². The van der Waals surface area contributed by atoms with Crippen LogP contribution >= 0.6 is 0 Å². The number of hydrogen-bond acceptors (Lipinski definition) is 7. The molecule has 0 saturated heterocycles. The maximum absolute atomic E-state index is 5.34. The average Bonchev–Trinajstić information content (AvgIpc) is 3.21. The quantitative estimate of drug-likeness (QED) is 0.784. The predicted octanol–water partition coefficient (Wildman–Crippen LogP) is 1.87. The van der Waals surface area contributed by atoms with Crippen LogP contribution in [-0.2, 0) is 13.1 Å². The van der Waals surface area contributed by atoms with Crippen LogP contribution in [0.2, 0.25) is 0 Å². The molecule has 124 valence electrons. The van der Waals surface area contributed by atoms with E-state index in [1.807, 2.05) is 30.9 Å². The van der Waals surface area contributed by atoms with E-state index in [-0.39, 0.29) is 0 Å². The number of anilines is 1. The molecule has 0 amide bonds. The highest BCUT2D eigenvalue weighted by Gasteiger charge is 2.19. The fourth-order valence-electron chi connectivity index (χ4n) is 2.70. The Morgan fingerprint density at radius 3 is 2.75 bits per heavy atom. The van der Waals surface area contributed by atoms with Crippen molar-refractivity contribution in [2.24, 2.45) is 0 Å². The van der Waals surface area contributed by atoms with E-state index in [1.165, 1.54) is 5.56 Å². The van der Waals surface area contributed by atoms with Gasteiger partial charge in [-0.1, -0.05) is 29.4 Å². The second kappa shape index (κ2) is 6.04. The fraction of sp³-hybridized carbons (Fsp3) is 0.375. The lowest BCUT2D eigenvalue weighted by Gasteiger charge is -2.12. The molecular weight excluding hydrogens is 306 g/mol. The van der Waals surface area contributed by atoms with E-state index in [0.29, 0.717) is 17.5 Å². The van der Waals surface area contributed by atoms with Gasteiger partial charge in [-0.05, 0) is 26.1 Å². The zero-order valence-corrected chi connectivity index (χ0v) is 13.7. The number of fused-ring (bicyclic) bond motifs is 1. The maximum atomic E-state index is 5.34. The molecule has 0 bridgehead atoms. The molecule has 1 aromatic carbocycles. The Bertz CT molecular complexity index is 811. The lowest BCUT2D eigenvalue weighted by molar-refractivity contribution is 0.402. The zero-order valence-electron chi connectivity index (χ0n) is 13.7. The lowest BCUT2D eigenvalue weighted by Crippen LogP contribution is -2.17. The first kappa shape index (κ1) is 14.8. The molecule has 0 unspecified atom stereocenters. The molecule has 0 fully saturated rings. The van der Waals surface area contributed by atoms with E-state index in [4.69, 9.17) is 4.52 Å². The van der Waals surface area contributed by atoms with Gasteiger partial charge in [0.25, 0.3) is 5.89 Å². The van der Waals surface area contributed by atoms with Crippen molar-refractivity contribution in [3.63, 3.8) is 0 Å². The number of hydrogen-bond donors (Lipinski definition) is 1. The van der Waals surface area contributed by atoms with Crippen LogP contribution in [0.5, 0.6) is 0 Å². The number of aryl methyl sites for hydroxylation is 1. The van der Waals surface area contributed by atoms with Crippen molar-refractivity contribution >= 4 is 5.95 Å². The lowest BCUT2D eigenvalue weighted by atomic mass is 10.1. The number of benzene rings is 1. The maximum Gasteiger partial charge on any atom is 0.297 e. The van der Waals surface area contributed by atoms with Crippen molar-refractivity contribution < 1.29 is 4.52 Å². The van der Waals surface area contributed by atoms with Crippen LogP contribution in [0.15, 0.2) is 28.8 Å². The van der Waals surface area contributed by atoms with E-state index in [0.717, 1.165) is 37.6 Å². The van der Waals surface area contributed by atoms with Crippen molar-refractivity contribution in [2.75, 3.05) is 26.0 Å². The van der Waals surface area contributed by atoms with Crippen LogP contribution in [0.25, 0.3) is 23.1 Å². The summed E-state index contributed by atoms with van der Waals surface area (Å²) in [5.41, 5.74) is 2.15. The SMILES string of the molecule is CN(C)Cc1ccc(-c2noc(-c3nc4n(n3)CCCN4)n2)cc1. The Hall–Kier alpha value is -2.74. The molecule has 3 heterocycles. The van der Waals surface area contributed by atoms with Gasteiger partial charge in [0, 0.05) is 25.2 Å². The summed E-state index contributed by atoms with van der Waals surface area (Å²) in [6, 6.07) is 8.15. The van der Waals surface area contributed by atoms with Gasteiger partial charge in [0.1, 0.15) is 0 Å². The normalized spacial score (nSPS) is 13.8. The van der Waals surface area contributed by atoms with Gasteiger partial charge in [0.15, 0.2) is 0 Å². The van der Waals surface area contributed by atoms with E-state index in [9.17, 15) is 0 Å². The molecule has 1 N–H and O–H groups in total. The summed E-state index contributed by atoms with van der Waals surface area (Å²) in [5, 5.41) is 11.7. The van der Waals surface area contributed by atoms with Crippen molar-refractivity contribution in [1.82, 2.24) is 29.8 Å². The molecule has 0 atom stereocenters. The number of aromatic nitrogens is 5. The third-order valence-corrected chi connectivity index (χ3v) is 3.83. The monoisotopic (exact) mass is 325 g/mol. The van der Waals surface area contributed by atoms with Gasteiger partial charge >= 0.3 is 0 Å². The summed E-state index contributed by atoms with van der Waals surface area (Å²) < 4.78 is 7.17. The Kier molecular flexibility index (Phi) is 3.73. The van der Waals surface area contributed by atoms with Crippen LogP contribution in [0.4, 0.5) is 5.95 Å². The Morgan fingerprint density at radius 1 is 1.17 bits per heavy atom. The highest BCUT2D eigenvalue weighted by Crippen LogP contribution is 2.22. The van der Waals surface area contributed by atoms with Crippen LogP contribution in [0.1, 0.15) is 12.0 Å². The van der Waals surface area contributed by atoms with Gasteiger partial charge in [-0.2, -0.15) is 9.97 Å². The minimum absolute atomic E-state index is 0.339. The molecule has 0 saturated carbocycles. The van der Waals surface area contributed by atoms with Gasteiger partial charge in [0.2, 0.25) is 17.6 Å². The van der Waals surface area contributed by atoms with Gasteiger partial charge in [-0.15, -0.1) is 5.10 Å². The highest BCUT2D eigenvalue weighted by atomic mass is 16.5. The van der Waals surface area contributed by atoms with Gasteiger partial charge in [-0.3, -0.25) is 0 Å². The summed E-state index contributed by atoms with van der Waals surface area (Å²) >= 11 is 0. The molecule has 24 heavy (non-hydrogen) atoms. The van der Waals surface area contributed by atoms with E-state index in [2.05, 4.69) is 42.6 Å². The topological polar surface area (TPSA) is 84.9 Å². The first-order chi connectivity index (χ1) is 11.7. The van der Waals surface area contributed by atoms with Gasteiger partial charge in [-0.25, -0.2) is 4.68 Å². The summed E-state index contributed by atoms with van der Waals surface area (Å²) in [7, 11) is 4.09. The van der Waals surface area contributed by atoms with Crippen molar-refractivity contribution in [2.45, 2.75) is 19.5 Å². The number of rotatable bonds is 4. The van der Waals surface area contributed by atoms with Gasteiger partial charge < -0.3 is 14.7 Å². The second-order valence-corrected chi connectivity index (χ2v) is 6.12. The van der Waals surface area contributed by atoms with Crippen LogP contribution in [0, 0.1) is 0 Å². The van der Waals surface area contributed by atoms with Crippen molar-refractivity contribution in [3.05, 3.63) is 29.8 Å². The van der Waals surface area contributed by atoms with E-state index < -0.39 is 0 Å². The number of nitrogens with zero attached hydrogens (tertiary/aromatic N) is 6. The summed E-state index contributed by atoms with van der Waals surface area (Å²) in [4.78, 5) is 11.0. The molecule has 1 aliphatic rings. The minimum Gasteiger partial charge on any atom is -0.354 e. The zero-order chi connectivity index (χ0) is 16.5. The Morgan fingerprint density at radius 2 is 2.00 bits per heavy atom. The van der Waals surface area contributed by atoms with Crippen molar-refractivity contribution in [3.8, 4) is 23.1 Å². The highest BCUT2D eigenvalue weighted by molar-refractivity contribution is 5.57. The molecule has 1 aliphatic heterocycles. The molecule has 8 heteroatoms. The van der Waals surface area contributed by atoms with E-state index >= 15 is 0 Å². The predicted molar refractivity (Wildman–Crippen MR) is 89.2 cm³/mol. The minimum atomic E-state index is 0.339. The molecule has 8 nitrogen and oxygen atoms in total. The van der Waals surface area contributed by atoms with Crippen LogP contribution in [-0.4, -0.2) is 50.4 Å². The second-order valence-electron chi connectivity index (χ2n) is 6.12. The summed E-state index contributed by atoms with van der Waals surface area (Å²) in [5.74, 6) is 2.10. The smallest absolute Gasteiger partial charge is 0.297 e. The summed E-state index contributed by atoms with van der Waals surface area (Å²) in [6.07, 6.45) is 1.03. The van der Waals surface area contributed by atoms with E-state index in [1.54, 1.807) is 0 Å². The third kappa shape index (κ3) is 2.88. The van der Waals surface area contributed by atoms with Crippen LogP contribution < -0.4 is 5.32 Å². The molecule has 2 aromatic heterocycles. The molecule has 0 spiro atoms. The molecule has 4 rings (SSSR count). The third-order valence-electron chi connectivity index (χ3n) is 3.83. The largest absolute Gasteiger partial charge is 0.354 e. The average molecular weight is 325 g/mol. The summed E-state index contributed by atoms with van der Waals surface area (Å²) in [6.45, 7) is 2.66. The Balaban J connectivity index is 1.57. The standard InChI is InChI=1S/C16H19N7O/c1-22(2)10-11-4-6-12(7-5-11)13-18-15(24-21-13)14-19-16-17-8-3-9-23(16)20-14/h4-7H,3,8-10H2,1-2H3,(H,17,19,20). The first-order valence-electron chi connectivity index (χ1n) is 7.96. The molecule has 0 aliphatic carbocycles. The molecular formula is C16H19N7O. The fourth-order valence-corrected chi connectivity index (χ4v) is 2.70.